The lowest BCUT2D eigenvalue weighted by Gasteiger charge is -2.25. The summed E-state index contributed by atoms with van der Waals surface area (Å²) >= 11 is 0. The first kappa shape index (κ1) is 6.83. The Labute approximate surface area is 83.3 Å². The van der Waals surface area contributed by atoms with Gasteiger partial charge in [0.25, 0.3) is 0 Å². The van der Waals surface area contributed by atoms with Crippen molar-refractivity contribution in [1.82, 2.24) is 0 Å². The van der Waals surface area contributed by atoms with Crippen LogP contribution in [0, 0.1) is 11.8 Å². The predicted molar refractivity (Wildman–Crippen MR) is 57.6 cm³/mol. The fourth-order valence-electron chi connectivity index (χ4n) is 2.87. The number of hydrogen-bond acceptors (Lipinski definition) is 0. The van der Waals surface area contributed by atoms with Crippen molar-refractivity contribution >= 4 is 0 Å². The largest absolute Gasteiger partial charge is 0.0726 e. The summed E-state index contributed by atoms with van der Waals surface area (Å²) < 4.78 is 0. The molecule has 0 saturated carbocycles. The molecular formula is C14H10. The van der Waals surface area contributed by atoms with Gasteiger partial charge in [-0.2, -0.15) is 0 Å². The lowest BCUT2D eigenvalue weighted by atomic mass is 9.79. The van der Waals surface area contributed by atoms with Crippen molar-refractivity contribution < 1.29 is 0 Å². The van der Waals surface area contributed by atoms with Crippen LogP contribution in [0.25, 0.3) is 0 Å². The summed E-state index contributed by atoms with van der Waals surface area (Å²) in [6, 6.07) is 0. The molecule has 66 valence electrons. The summed E-state index contributed by atoms with van der Waals surface area (Å²) in [6.07, 6.45) is 18.3. The number of allylic oxidation sites excluding steroid dienone is 12. The van der Waals surface area contributed by atoms with Gasteiger partial charge in [-0.25, -0.2) is 0 Å². The van der Waals surface area contributed by atoms with Crippen LogP contribution in [0.1, 0.15) is 0 Å². The SMILES string of the molecule is C1=CC2C=CC3=C4C2=C1C=CC4C=C3. The second kappa shape index (κ2) is 2.09. The summed E-state index contributed by atoms with van der Waals surface area (Å²) in [4.78, 5) is 0. The van der Waals surface area contributed by atoms with E-state index in [1.165, 1.54) is 11.1 Å². The first-order chi connectivity index (χ1) is 6.93. The molecule has 0 aromatic carbocycles. The second-order valence-corrected chi connectivity index (χ2v) is 4.23. The molecule has 0 aliphatic heterocycles. The van der Waals surface area contributed by atoms with Crippen molar-refractivity contribution in [1.29, 1.82) is 0 Å². The maximum Gasteiger partial charge on any atom is 0.0214 e. The van der Waals surface area contributed by atoms with Gasteiger partial charge in [0.05, 0.1) is 0 Å². The molecule has 0 aromatic heterocycles. The van der Waals surface area contributed by atoms with Crippen molar-refractivity contribution in [2.75, 3.05) is 0 Å². The van der Waals surface area contributed by atoms with Gasteiger partial charge in [-0.1, -0.05) is 48.6 Å². The average molecular weight is 178 g/mol. The minimum Gasteiger partial charge on any atom is -0.0726 e. The molecule has 0 aromatic rings. The summed E-state index contributed by atoms with van der Waals surface area (Å²) in [5, 5.41) is 0. The molecule has 0 heterocycles. The van der Waals surface area contributed by atoms with Gasteiger partial charge in [-0.3, -0.25) is 0 Å². The third kappa shape index (κ3) is 0.630. The second-order valence-electron chi connectivity index (χ2n) is 4.23. The van der Waals surface area contributed by atoms with Crippen molar-refractivity contribution in [3.05, 3.63) is 70.9 Å². The fraction of sp³-hybridized carbons (Fsp3) is 0.143. The van der Waals surface area contributed by atoms with Crippen molar-refractivity contribution in [3.8, 4) is 0 Å². The molecule has 0 spiro atoms. The van der Waals surface area contributed by atoms with Gasteiger partial charge in [-0.15, -0.1) is 0 Å². The summed E-state index contributed by atoms with van der Waals surface area (Å²) in [5.74, 6) is 1.10. The topological polar surface area (TPSA) is 0 Å². The highest BCUT2D eigenvalue weighted by Crippen LogP contribution is 2.47. The van der Waals surface area contributed by atoms with Crippen LogP contribution >= 0.6 is 0 Å². The zero-order chi connectivity index (χ0) is 9.12. The maximum absolute atomic E-state index is 2.31. The highest BCUT2D eigenvalue weighted by Gasteiger charge is 2.32. The van der Waals surface area contributed by atoms with Crippen LogP contribution in [0.3, 0.4) is 0 Å². The molecule has 0 radical (unpaired) electrons. The minimum atomic E-state index is 0.552. The Hall–Kier alpha value is -1.56. The molecule has 0 fully saturated rings. The Balaban J connectivity index is 2.07. The lowest BCUT2D eigenvalue weighted by molar-refractivity contribution is 0.880. The zero-order valence-corrected chi connectivity index (χ0v) is 7.77. The van der Waals surface area contributed by atoms with E-state index in [2.05, 4.69) is 48.6 Å². The van der Waals surface area contributed by atoms with Crippen molar-refractivity contribution in [2.24, 2.45) is 11.8 Å². The molecule has 0 heteroatoms. The fourth-order valence-corrected chi connectivity index (χ4v) is 2.87. The average Bonchev–Trinajstić information content (AvgIpc) is 2.77. The van der Waals surface area contributed by atoms with Gasteiger partial charge in [0, 0.05) is 11.8 Å². The maximum atomic E-state index is 2.31. The van der Waals surface area contributed by atoms with E-state index in [1.807, 2.05) is 0 Å². The standard InChI is InChI=1S/C14H10/c1-2-10-7-8-12-4-3-11-6-5-9(1)13(10)14(11)12/h1-9,12H. The van der Waals surface area contributed by atoms with Crippen molar-refractivity contribution in [2.45, 2.75) is 0 Å². The van der Waals surface area contributed by atoms with Gasteiger partial charge in [0.15, 0.2) is 0 Å². The normalized spacial score (nSPS) is 34.9. The van der Waals surface area contributed by atoms with E-state index < -0.39 is 0 Å². The third-order valence-corrected chi connectivity index (χ3v) is 3.51. The van der Waals surface area contributed by atoms with Crippen molar-refractivity contribution in [3.63, 3.8) is 0 Å². The molecule has 0 saturated heterocycles. The Bertz CT molecular complexity index is 456. The quantitative estimate of drug-likeness (QED) is 0.534. The van der Waals surface area contributed by atoms with E-state index >= 15 is 0 Å². The van der Waals surface area contributed by atoms with Gasteiger partial charge in [-0.05, 0) is 22.3 Å². The number of hydrogen-bond donors (Lipinski definition) is 0. The van der Waals surface area contributed by atoms with Crippen LogP contribution in [-0.4, -0.2) is 0 Å². The lowest BCUT2D eigenvalue weighted by Crippen LogP contribution is -2.11. The van der Waals surface area contributed by atoms with E-state index in [1.54, 1.807) is 11.1 Å². The Morgan fingerprint density at radius 2 is 0.929 bits per heavy atom. The smallest absolute Gasteiger partial charge is 0.0214 e. The minimum absolute atomic E-state index is 0.552. The zero-order valence-electron chi connectivity index (χ0n) is 7.77. The predicted octanol–water partition coefficient (Wildman–Crippen LogP) is 3.09. The monoisotopic (exact) mass is 178 g/mol. The van der Waals surface area contributed by atoms with Crippen LogP contribution in [0.15, 0.2) is 70.9 Å². The molecular weight excluding hydrogens is 168 g/mol. The van der Waals surface area contributed by atoms with E-state index in [0.717, 1.165) is 0 Å². The van der Waals surface area contributed by atoms with E-state index in [4.69, 9.17) is 0 Å². The molecule has 14 heavy (non-hydrogen) atoms. The first-order valence-corrected chi connectivity index (χ1v) is 5.15. The van der Waals surface area contributed by atoms with Crippen LogP contribution in [0.5, 0.6) is 0 Å². The molecule has 4 aliphatic carbocycles. The molecule has 0 nitrogen and oxygen atoms in total. The van der Waals surface area contributed by atoms with E-state index in [0.29, 0.717) is 11.8 Å². The summed E-state index contributed by atoms with van der Waals surface area (Å²) in [7, 11) is 0. The van der Waals surface area contributed by atoms with Gasteiger partial charge in [0.2, 0.25) is 0 Å². The third-order valence-electron chi connectivity index (χ3n) is 3.51. The van der Waals surface area contributed by atoms with Gasteiger partial charge in [0.1, 0.15) is 0 Å². The Morgan fingerprint density at radius 3 is 1.29 bits per heavy atom. The van der Waals surface area contributed by atoms with Gasteiger partial charge >= 0.3 is 0 Å². The highest BCUT2D eigenvalue weighted by atomic mass is 14.4. The summed E-state index contributed by atoms with van der Waals surface area (Å²) in [5.41, 5.74) is 5.96. The summed E-state index contributed by atoms with van der Waals surface area (Å²) in [6.45, 7) is 0. The molecule has 4 aliphatic rings. The molecule has 0 amide bonds. The molecule has 0 N–H and O–H groups in total. The Kier molecular flexibility index (Phi) is 1.02. The van der Waals surface area contributed by atoms with E-state index in [9.17, 15) is 0 Å². The first-order valence-electron chi connectivity index (χ1n) is 5.15. The van der Waals surface area contributed by atoms with E-state index in [-0.39, 0.29) is 0 Å². The van der Waals surface area contributed by atoms with Crippen LogP contribution in [-0.2, 0) is 0 Å². The van der Waals surface area contributed by atoms with Gasteiger partial charge < -0.3 is 0 Å². The molecule has 0 atom stereocenters. The van der Waals surface area contributed by atoms with Crippen LogP contribution in [0.2, 0.25) is 0 Å². The Morgan fingerprint density at radius 1 is 0.571 bits per heavy atom. The van der Waals surface area contributed by atoms with Crippen LogP contribution in [0.4, 0.5) is 0 Å². The molecule has 0 bridgehead atoms. The number of rotatable bonds is 0. The van der Waals surface area contributed by atoms with Crippen LogP contribution < -0.4 is 0 Å². The highest BCUT2D eigenvalue weighted by molar-refractivity contribution is 5.68. The molecule has 4 rings (SSSR count). The molecule has 0 unspecified atom stereocenters.